The first-order valence-electron chi connectivity index (χ1n) is 7.16. The number of para-hydroxylation sites is 1. The summed E-state index contributed by atoms with van der Waals surface area (Å²) < 4.78 is 10.3. The first kappa shape index (κ1) is 16.5. The van der Waals surface area contributed by atoms with Gasteiger partial charge in [0.2, 0.25) is 0 Å². The molecule has 0 bridgehead atoms. The molecule has 2 rings (SSSR count). The van der Waals surface area contributed by atoms with Crippen LogP contribution in [0.5, 0.6) is 5.75 Å². The molecule has 2 aromatic rings. The largest absolute Gasteiger partial charge is 0.496 e. The number of carbonyl (C=O) groups is 2. The SMILES string of the molecule is COc1cc(C(=O)OCC(=O)N(C)c2ccccc2)ccc1C. The van der Waals surface area contributed by atoms with Crippen LogP contribution >= 0.6 is 0 Å². The molecule has 0 saturated carbocycles. The molecule has 0 N–H and O–H groups in total. The van der Waals surface area contributed by atoms with Crippen molar-refractivity contribution in [2.24, 2.45) is 0 Å². The van der Waals surface area contributed by atoms with Crippen molar-refractivity contribution in [2.45, 2.75) is 6.92 Å². The van der Waals surface area contributed by atoms with Gasteiger partial charge in [-0.2, -0.15) is 0 Å². The van der Waals surface area contributed by atoms with Gasteiger partial charge in [-0.3, -0.25) is 4.79 Å². The molecule has 0 aromatic heterocycles. The van der Waals surface area contributed by atoms with Crippen LogP contribution in [0.2, 0.25) is 0 Å². The molecule has 0 atom stereocenters. The van der Waals surface area contributed by atoms with Crippen molar-refractivity contribution >= 4 is 17.6 Å². The van der Waals surface area contributed by atoms with Gasteiger partial charge in [-0.1, -0.05) is 24.3 Å². The lowest BCUT2D eigenvalue weighted by Crippen LogP contribution is -2.31. The van der Waals surface area contributed by atoms with E-state index in [9.17, 15) is 9.59 Å². The summed E-state index contributed by atoms with van der Waals surface area (Å²) in [6.45, 7) is 1.56. The Balaban J connectivity index is 1.97. The van der Waals surface area contributed by atoms with Gasteiger partial charge < -0.3 is 14.4 Å². The van der Waals surface area contributed by atoms with Crippen molar-refractivity contribution in [1.29, 1.82) is 0 Å². The minimum Gasteiger partial charge on any atom is -0.496 e. The van der Waals surface area contributed by atoms with Crippen LogP contribution in [-0.4, -0.2) is 32.6 Å². The van der Waals surface area contributed by atoms with E-state index < -0.39 is 5.97 Å². The summed E-state index contributed by atoms with van der Waals surface area (Å²) >= 11 is 0. The van der Waals surface area contributed by atoms with Crippen molar-refractivity contribution in [3.63, 3.8) is 0 Å². The highest BCUT2D eigenvalue weighted by molar-refractivity contribution is 5.96. The molecule has 0 fully saturated rings. The van der Waals surface area contributed by atoms with E-state index >= 15 is 0 Å². The van der Waals surface area contributed by atoms with Crippen LogP contribution in [-0.2, 0) is 9.53 Å². The Morgan fingerprint density at radius 2 is 1.78 bits per heavy atom. The van der Waals surface area contributed by atoms with Gasteiger partial charge in [-0.05, 0) is 36.8 Å². The van der Waals surface area contributed by atoms with E-state index in [-0.39, 0.29) is 12.5 Å². The first-order chi connectivity index (χ1) is 11.0. The molecule has 0 spiro atoms. The monoisotopic (exact) mass is 313 g/mol. The van der Waals surface area contributed by atoms with Crippen LogP contribution in [0.3, 0.4) is 0 Å². The maximum absolute atomic E-state index is 12.1. The van der Waals surface area contributed by atoms with Gasteiger partial charge >= 0.3 is 5.97 Å². The number of ether oxygens (including phenoxy) is 2. The van der Waals surface area contributed by atoms with Gasteiger partial charge in [-0.25, -0.2) is 4.79 Å². The summed E-state index contributed by atoms with van der Waals surface area (Å²) in [5.41, 5.74) is 2.01. The number of benzene rings is 2. The van der Waals surface area contributed by atoms with Crippen molar-refractivity contribution in [2.75, 3.05) is 25.7 Å². The van der Waals surface area contributed by atoms with Gasteiger partial charge in [0.05, 0.1) is 12.7 Å². The molecule has 0 unspecified atom stereocenters. The maximum Gasteiger partial charge on any atom is 0.338 e. The third-order valence-corrected chi connectivity index (χ3v) is 3.49. The van der Waals surface area contributed by atoms with Crippen LogP contribution in [0.1, 0.15) is 15.9 Å². The molecule has 0 heterocycles. The predicted molar refractivity (Wildman–Crippen MR) is 87.9 cm³/mol. The normalized spacial score (nSPS) is 10.0. The quantitative estimate of drug-likeness (QED) is 0.797. The predicted octanol–water partition coefficient (Wildman–Crippen LogP) is 2.82. The fourth-order valence-electron chi connectivity index (χ4n) is 2.05. The second kappa shape index (κ2) is 7.45. The lowest BCUT2D eigenvalue weighted by Gasteiger charge is -2.17. The number of aryl methyl sites for hydroxylation is 1. The number of carbonyl (C=O) groups excluding carboxylic acids is 2. The van der Waals surface area contributed by atoms with E-state index in [0.717, 1.165) is 11.3 Å². The highest BCUT2D eigenvalue weighted by atomic mass is 16.5. The van der Waals surface area contributed by atoms with Gasteiger partial charge in [0.1, 0.15) is 5.75 Å². The van der Waals surface area contributed by atoms with Crippen molar-refractivity contribution in [3.8, 4) is 5.75 Å². The minimum atomic E-state index is -0.557. The first-order valence-corrected chi connectivity index (χ1v) is 7.16. The van der Waals surface area contributed by atoms with Gasteiger partial charge in [0, 0.05) is 12.7 Å². The molecule has 5 heteroatoms. The minimum absolute atomic E-state index is 0.302. The molecule has 1 amide bonds. The number of likely N-dealkylation sites (N-methyl/N-ethyl adjacent to an activating group) is 1. The molecular weight excluding hydrogens is 294 g/mol. The van der Waals surface area contributed by atoms with Crippen LogP contribution in [0.25, 0.3) is 0 Å². The second-order valence-electron chi connectivity index (χ2n) is 5.05. The summed E-state index contributed by atoms with van der Waals surface area (Å²) in [4.78, 5) is 25.6. The van der Waals surface area contributed by atoms with Crippen LogP contribution < -0.4 is 9.64 Å². The summed E-state index contributed by atoms with van der Waals surface area (Å²) in [6.07, 6.45) is 0. The number of hydrogen-bond acceptors (Lipinski definition) is 4. The molecular formula is C18H19NO4. The van der Waals surface area contributed by atoms with Gasteiger partial charge in [0.15, 0.2) is 6.61 Å². The molecule has 120 valence electrons. The number of hydrogen-bond donors (Lipinski definition) is 0. The number of rotatable bonds is 5. The highest BCUT2D eigenvalue weighted by Gasteiger charge is 2.15. The summed E-state index contributed by atoms with van der Waals surface area (Å²) in [7, 11) is 3.18. The van der Waals surface area contributed by atoms with Crippen LogP contribution in [0.15, 0.2) is 48.5 Å². The Morgan fingerprint density at radius 3 is 2.43 bits per heavy atom. The average Bonchev–Trinajstić information content (AvgIpc) is 2.59. The van der Waals surface area contributed by atoms with E-state index in [4.69, 9.17) is 9.47 Å². The molecule has 0 aliphatic carbocycles. The smallest absolute Gasteiger partial charge is 0.338 e. The lowest BCUT2D eigenvalue weighted by atomic mass is 10.1. The summed E-state index contributed by atoms with van der Waals surface area (Å²) in [6, 6.07) is 14.2. The zero-order valence-electron chi connectivity index (χ0n) is 13.4. The summed E-state index contributed by atoms with van der Waals surface area (Å²) in [5, 5.41) is 0. The standard InChI is InChI=1S/C18H19NO4/c1-13-9-10-14(11-16(13)22-3)18(21)23-12-17(20)19(2)15-7-5-4-6-8-15/h4-11H,12H2,1-3H3. The molecule has 0 radical (unpaired) electrons. The molecule has 0 aliphatic rings. The highest BCUT2D eigenvalue weighted by Crippen LogP contribution is 2.19. The third-order valence-electron chi connectivity index (χ3n) is 3.49. The molecule has 0 aliphatic heterocycles. The Bertz CT molecular complexity index is 697. The van der Waals surface area contributed by atoms with E-state index in [2.05, 4.69) is 0 Å². The number of methoxy groups -OCH3 is 1. The number of anilines is 1. The second-order valence-corrected chi connectivity index (χ2v) is 5.05. The average molecular weight is 313 g/mol. The molecule has 0 saturated heterocycles. The lowest BCUT2D eigenvalue weighted by molar-refractivity contribution is -0.121. The zero-order valence-corrected chi connectivity index (χ0v) is 13.4. The summed E-state index contributed by atoms with van der Waals surface area (Å²) in [5.74, 6) is -0.256. The van der Waals surface area contributed by atoms with Gasteiger partial charge in [-0.15, -0.1) is 0 Å². The topological polar surface area (TPSA) is 55.8 Å². The molecule has 2 aromatic carbocycles. The van der Waals surface area contributed by atoms with Crippen molar-refractivity contribution in [3.05, 3.63) is 59.7 Å². The van der Waals surface area contributed by atoms with E-state index in [1.807, 2.05) is 37.3 Å². The Kier molecular flexibility index (Phi) is 5.36. The van der Waals surface area contributed by atoms with Crippen LogP contribution in [0, 0.1) is 6.92 Å². The van der Waals surface area contributed by atoms with Crippen LogP contribution in [0.4, 0.5) is 5.69 Å². The third kappa shape index (κ3) is 4.10. The molecule has 23 heavy (non-hydrogen) atoms. The Labute approximate surface area is 135 Å². The fourth-order valence-corrected chi connectivity index (χ4v) is 2.05. The number of nitrogens with zero attached hydrogens (tertiary/aromatic N) is 1. The maximum atomic E-state index is 12.1. The van der Waals surface area contributed by atoms with E-state index in [0.29, 0.717) is 11.3 Å². The number of amides is 1. The van der Waals surface area contributed by atoms with E-state index in [1.165, 1.54) is 12.0 Å². The Hall–Kier alpha value is -2.82. The fraction of sp³-hybridized carbons (Fsp3) is 0.222. The molecule has 5 nitrogen and oxygen atoms in total. The van der Waals surface area contributed by atoms with Crippen molar-refractivity contribution in [1.82, 2.24) is 0 Å². The van der Waals surface area contributed by atoms with E-state index in [1.54, 1.807) is 25.2 Å². The number of esters is 1. The van der Waals surface area contributed by atoms with Crippen molar-refractivity contribution < 1.29 is 19.1 Å². The van der Waals surface area contributed by atoms with Gasteiger partial charge in [0.25, 0.3) is 5.91 Å². The Morgan fingerprint density at radius 1 is 1.09 bits per heavy atom. The zero-order chi connectivity index (χ0) is 16.8.